The van der Waals surface area contributed by atoms with Gasteiger partial charge in [-0.1, -0.05) is 69.4 Å². The van der Waals surface area contributed by atoms with Gasteiger partial charge in [0.1, 0.15) is 11.6 Å². The number of H-pyrrole nitrogens is 1. The van der Waals surface area contributed by atoms with Crippen molar-refractivity contribution in [3.63, 3.8) is 0 Å². The average molecular weight is 506 g/mol. The molecule has 1 aromatic carbocycles. The van der Waals surface area contributed by atoms with Gasteiger partial charge in [-0.05, 0) is 51.0 Å². The second-order valence-corrected chi connectivity index (χ2v) is 11.5. The molecule has 7 nitrogen and oxygen atoms in total. The van der Waals surface area contributed by atoms with E-state index in [9.17, 15) is 9.59 Å². The third-order valence-electron chi connectivity index (χ3n) is 9.11. The number of aryl methyl sites for hydroxylation is 2. The molecule has 5 rings (SSSR count). The van der Waals surface area contributed by atoms with Crippen molar-refractivity contribution in [3.05, 3.63) is 52.8 Å². The first-order valence-electron chi connectivity index (χ1n) is 14.4. The standard InChI is InChI=1S/C30H43N5O2/c1-4-17-35-28(36)25(20-23-11-7-5-8-12-23)31-29(37)30(35)15-18-34(19-16-30)27(24-13-9-6-10-14-24)26-21(2)32-33-22(26)3/h6,9-10,13-14,23,25,27H,4-5,7-8,11-12,15-20H2,1-3H3,(H,31,37)(H,32,33). The third kappa shape index (κ3) is 4.95. The molecule has 2 aliphatic heterocycles. The van der Waals surface area contributed by atoms with Gasteiger partial charge in [0.25, 0.3) is 0 Å². The summed E-state index contributed by atoms with van der Waals surface area (Å²) >= 11 is 0. The summed E-state index contributed by atoms with van der Waals surface area (Å²) in [5.41, 5.74) is 3.79. The van der Waals surface area contributed by atoms with Gasteiger partial charge in [-0.2, -0.15) is 5.10 Å². The first-order chi connectivity index (χ1) is 17.9. The van der Waals surface area contributed by atoms with Crippen molar-refractivity contribution < 1.29 is 9.59 Å². The second-order valence-electron chi connectivity index (χ2n) is 11.5. The molecule has 1 aliphatic carbocycles. The lowest BCUT2D eigenvalue weighted by molar-refractivity contribution is -0.162. The maximum absolute atomic E-state index is 13.8. The number of hydrogen-bond acceptors (Lipinski definition) is 4. The SMILES string of the molecule is CCCN1C(=O)C(CC2CCCCC2)NC(=O)C12CCN(C(c1ccccc1)c1c(C)n[nH]c1C)CC2. The normalized spacial score (nSPS) is 23.9. The smallest absolute Gasteiger partial charge is 0.246 e. The quantitative estimate of drug-likeness (QED) is 0.574. The number of likely N-dealkylation sites (tertiary alicyclic amines) is 1. The molecule has 3 fully saturated rings. The predicted molar refractivity (Wildman–Crippen MR) is 145 cm³/mol. The van der Waals surface area contributed by atoms with E-state index in [1.165, 1.54) is 43.2 Å². The first-order valence-corrected chi connectivity index (χ1v) is 14.4. The van der Waals surface area contributed by atoms with Gasteiger partial charge in [0, 0.05) is 30.9 Å². The van der Waals surface area contributed by atoms with Crippen LogP contribution in [0.25, 0.3) is 0 Å². The predicted octanol–water partition coefficient (Wildman–Crippen LogP) is 4.66. The van der Waals surface area contributed by atoms with Crippen LogP contribution < -0.4 is 5.32 Å². The van der Waals surface area contributed by atoms with Crippen LogP contribution in [0.5, 0.6) is 0 Å². The first kappa shape index (κ1) is 26.0. The second kappa shape index (κ2) is 11.0. The molecule has 3 heterocycles. The molecule has 2 amide bonds. The Morgan fingerprint density at radius 2 is 1.76 bits per heavy atom. The molecule has 7 heteroatoms. The molecule has 200 valence electrons. The molecule has 3 aliphatic rings. The Morgan fingerprint density at radius 1 is 1.05 bits per heavy atom. The Labute approximate surface area is 221 Å². The summed E-state index contributed by atoms with van der Waals surface area (Å²) < 4.78 is 0. The monoisotopic (exact) mass is 505 g/mol. The Bertz CT molecular complexity index is 1060. The summed E-state index contributed by atoms with van der Waals surface area (Å²) in [7, 11) is 0. The van der Waals surface area contributed by atoms with E-state index in [0.717, 1.165) is 37.3 Å². The molecular formula is C30H43N5O2. The van der Waals surface area contributed by atoms with Gasteiger partial charge < -0.3 is 10.2 Å². The zero-order valence-electron chi connectivity index (χ0n) is 22.8. The largest absolute Gasteiger partial charge is 0.342 e. The van der Waals surface area contributed by atoms with Crippen LogP contribution in [0.15, 0.2) is 30.3 Å². The van der Waals surface area contributed by atoms with Gasteiger partial charge in [0.05, 0.1) is 11.7 Å². The lowest BCUT2D eigenvalue weighted by atomic mass is 9.78. The van der Waals surface area contributed by atoms with E-state index in [1.807, 2.05) is 11.0 Å². The highest BCUT2D eigenvalue weighted by Crippen LogP contribution is 2.40. The van der Waals surface area contributed by atoms with Gasteiger partial charge in [0.2, 0.25) is 11.8 Å². The molecule has 0 bridgehead atoms. The van der Waals surface area contributed by atoms with E-state index in [2.05, 4.69) is 65.5 Å². The highest BCUT2D eigenvalue weighted by Gasteiger charge is 2.54. The Morgan fingerprint density at radius 3 is 2.38 bits per heavy atom. The molecular weight excluding hydrogens is 462 g/mol. The number of rotatable bonds is 7. The van der Waals surface area contributed by atoms with Crippen molar-refractivity contribution in [1.82, 2.24) is 25.3 Å². The van der Waals surface area contributed by atoms with Gasteiger partial charge in [-0.15, -0.1) is 0 Å². The number of aromatic nitrogens is 2. The molecule has 2 atom stereocenters. The lowest BCUT2D eigenvalue weighted by Gasteiger charge is -2.53. The van der Waals surface area contributed by atoms with Crippen molar-refractivity contribution in [1.29, 1.82) is 0 Å². The van der Waals surface area contributed by atoms with Crippen molar-refractivity contribution in [2.75, 3.05) is 19.6 Å². The summed E-state index contributed by atoms with van der Waals surface area (Å²) in [5.74, 6) is 0.755. The zero-order valence-corrected chi connectivity index (χ0v) is 22.8. The number of aromatic amines is 1. The fourth-order valence-corrected chi connectivity index (χ4v) is 7.15. The Hall–Kier alpha value is -2.67. The number of piperazine rings is 1. The molecule has 1 aromatic heterocycles. The number of hydrogen-bond donors (Lipinski definition) is 2. The molecule has 2 unspecified atom stereocenters. The number of nitrogens with zero attached hydrogens (tertiary/aromatic N) is 3. The maximum atomic E-state index is 13.8. The highest BCUT2D eigenvalue weighted by molar-refractivity contribution is 6.00. The molecule has 1 saturated carbocycles. The van der Waals surface area contributed by atoms with Crippen molar-refractivity contribution >= 4 is 11.8 Å². The summed E-state index contributed by atoms with van der Waals surface area (Å²) in [6.07, 6.45) is 9.11. The van der Waals surface area contributed by atoms with Crippen LogP contribution in [0.4, 0.5) is 0 Å². The minimum atomic E-state index is -0.742. The van der Waals surface area contributed by atoms with Crippen LogP contribution in [0.3, 0.4) is 0 Å². The van der Waals surface area contributed by atoms with Crippen LogP contribution in [0.1, 0.15) is 93.3 Å². The van der Waals surface area contributed by atoms with Gasteiger partial charge >= 0.3 is 0 Å². The zero-order chi connectivity index (χ0) is 26.0. The highest BCUT2D eigenvalue weighted by atomic mass is 16.2. The van der Waals surface area contributed by atoms with E-state index in [-0.39, 0.29) is 23.9 Å². The Balaban J connectivity index is 1.37. The summed E-state index contributed by atoms with van der Waals surface area (Å²) in [6.45, 7) is 8.39. The van der Waals surface area contributed by atoms with E-state index >= 15 is 0 Å². The number of carbonyl (C=O) groups excluding carboxylic acids is 2. The van der Waals surface area contributed by atoms with Gasteiger partial charge in [-0.3, -0.25) is 19.6 Å². The molecule has 2 N–H and O–H groups in total. The number of carbonyl (C=O) groups is 2. The van der Waals surface area contributed by atoms with Crippen LogP contribution in [-0.4, -0.2) is 63.0 Å². The van der Waals surface area contributed by atoms with Gasteiger partial charge in [-0.25, -0.2) is 0 Å². The molecule has 37 heavy (non-hydrogen) atoms. The maximum Gasteiger partial charge on any atom is 0.246 e. The van der Waals surface area contributed by atoms with Crippen LogP contribution in [0.2, 0.25) is 0 Å². The average Bonchev–Trinajstić information content (AvgIpc) is 3.25. The third-order valence-corrected chi connectivity index (χ3v) is 9.11. The molecule has 2 aromatic rings. The molecule has 0 radical (unpaired) electrons. The van der Waals surface area contributed by atoms with E-state index in [0.29, 0.717) is 25.3 Å². The summed E-state index contributed by atoms with van der Waals surface area (Å²) in [4.78, 5) is 32.1. The van der Waals surface area contributed by atoms with E-state index in [1.54, 1.807) is 0 Å². The van der Waals surface area contributed by atoms with E-state index < -0.39 is 5.54 Å². The minimum Gasteiger partial charge on any atom is -0.342 e. The van der Waals surface area contributed by atoms with Crippen molar-refractivity contribution in [2.45, 2.75) is 96.2 Å². The topological polar surface area (TPSA) is 81.3 Å². The van der Waals surface area contributed by atoms with Crippen molar-refractivity contribution in [3.8, 4) is 0 Å². The fourth-order valence-electron chi connectivity index (χ4n) is 7.15. The lowest BCUT2D eigenvalue weighted by Crippen LogP contribution is -2.73. The van der Waals surface area contributed by atoms with Gasteiger partial charge in [0.15, 0.2) is 0 Å². The molecule has 1 spiro atoms. The summed E-state index contributed by atoms with van der Waals surface area (Å²) in [5, 5.41) is 10.9. The number of piperidine rings is 1. The minimum absolute atomic E-state index is 0.0629. The fraction of sp³-hybridized carbons (Fsp3) is 0.633. The molecule has 2 saturated heterocycles. The van der Waals surface area contributed by atoms with Crippen LogP contribution in [-0.2, 0) is 9.59 Å². The van der Waals surface area contributed by atoms with Crippen molar-refractivity contribution in [2.24, 2.45) is 5.92 Å². The Kier molecular flexibility index (Phi) is 7.70. The number of amides is 2. The summed E-state index contributed by atoms with van der Waals surface area (Å²) in [6, 6.07) is 10.3. The van der Waals surface area contributed by atoms with E-state index in [4.69, 9.17) is 0 Å². The number of nitrogens with one attached hydrogen (secondary N) is 2. The van der Waals surface area contributed by atoms with Crippen LogP contribution >= 0.6 is 0 Å². The number of benzene rings is 1. The van der Waals surface area contributed by atoms with Crippen LogP contribution in [0, 0.1) is 19.8 Å².